The summed E-state index contributed by atoms with van der Waals surface area (Å²) >= 11 is 3.53. The fourth-order valence-electron chi connectivity index (χ4n) is 2.83. The van der Waals surface area contributed by atoms with E-state index in [9.17, 15) is 0 Å². The summed E-state index contributed by atoms with van der Waals surface area (Å²) in [6.07, 6.45) is 0. The molecule has 0 aromatic heterocycles. The highest BCUT2D eigenvalue weighted by Crippen LogP contribution is 2.46. The Balaban J connectivity index is 2.47. The Kier molecular flexibility index (Phi) is 4.50. The second kappa shape index (κ2) is 5.79. The van der Waals surface area contributed by atoms with Crippen molar-refractivity contribution >= 4 is 15.9 Å². The van der Waals surface area contributed by atoms with Crippen molar-refractivity contribution in [3.05, 3.63) is 28.2 Å². The number of hydrogen-bond acceptors (Lipinski definition) is 4. The maximum absolute atomic E-state index is 6.02. The van der Waals surface area contributed by atoms with Gasteiger partial charge in [0.15, 0.2) is 0 Å². The number of methoxy groups -OCH3 is 1. The molecule has 1 aromatic carbocycles. The molecular weight excluding hydrogens is 308 g/mol. The molecule has 106 valence electrons. The number of hydrogen-bond donors (Lipinski definition) is 1. The van der Waals surface area contributed by atoms with Crippen molar-refractivity contribution in [2.75, 3.05) is 41.0 Å². The van der Waals surface area contributed by atoms with Crippen molar-refractivity contribution in [3.63, 3.8) is 0 Å². The lowest BCUT2D eigenvalue weighted by atomic mass is 9.74. The molecule has 0 spiro atoms. The van der Waals surface area contributed by atoms with Crippen LogP contribution in [-0.4, -0.2) is 45.9 Å². The van der Waals surface area contributed by atoms with Crippen LogP contribution in [0.5, 0.6) is 5.75 Å². The summed E-state index contributed by atoms with van der Waals surface area (Å²) in [6, 6.07) is 6.26. The van der Waals surface area contributed by atoms with Gasteiger partial charge in [0, 0.05) is 28.0 Å². The van der Waals surface area contributed by atoms with E-state index in [1.165, 1.54) is 0 Å². The van der Waals surface area contributed by atoms with Gasteiger partial charge in [0.1, 0.15) is 5.75 Å². The van der Waals surface area contributed by atoms with Crippen LogP contribution in [0.1, 0.15) is 11.6 Å². The monoisotopic (exact) mass is 328 g/mol. The number of rotatable bonds is 5. The van der Waals surface area contributed by atoms with Gasteiger partial charge in [-0.2, -0.15) is 0 Å². The van der Waals surface area contributed by atoms with Crippen LogP contribution in [0.4, 0.5) is 0 Å². The summed E-state index contributed by atoms with van der Waals surface area (Å²) < 4.78 is 12.0. The van der Waals surface area contributed by atoms with Crippen molar-refractivity contribution in [1.82, 2.24) is 4.90 Å². The fraction of sp³-hybridized carbons (Fsp3) is 0.571. The van der Waals surface area contributed by atoms with Gasteiger partial charge in [0.25, 0.3) is 0 Å². The van der Waals surface area contributed by atoms with E-state index in [1.54, 1.807) is 7.11 Å². The van der Waals surface area contributed by atoms with Gasteiger partial charge in [-0.05, 0) is 32.3 Å². The third-order valence-electron chi connectivity index (χ3n) is 3.77. The van der Waals surface area contributed by atoms with Gasteiger partial charge in [0.05, 0.1) is 20.3 Å². The van der Waals surface area contributed by atoms with Gasteiger partial charge >= 0.3 is 0 Å². The molecule has 19 heavy (non-hydrogen) atoms. The van der Waals surface area contributed by atoms with E-state index in [0.29, 0.717) is 19.8 Å². The topological polar surface area (TPSA) is 47.7 Å². The van der Waals surface area contributed by atoms with Gasteiger partial charge < -0.3 is 20.1 Å². The quantitative estimate of drug-likeness (QED) is 0.898. The Labute approximate surface area is 123 Å². The molecule has 1 fully saturated rings. The molecule has 1 saturated heterocycles. The van der Waals surface area contributed by atoms with Crippen molar-refractivity contribution in [2.24, 2.45) is 11.1 Å². The van der Waals surface area contributed by atoms with Crippen molar-refractivity contribution in [1.29, 1.82) is 0 Å². The Morgan fingerprint density at radius 1 is 1.47 bits per heavy atom. The summed E-state index contributed by atoms with van der Waals surface area (Å²) in [6.45, 7) is 2.00. The molecule has 0 bridgehead atoms. The van der Waals surface area contributed by atoms with Crippen molar-refractivity contribution in [2.45, 2.75) is 6.04 Å². The molecule has 0 amide bonds. The van der Waals surface area contributed by atoms with Crippen LogP contribution < -0.4 is 10.5 Å². The zero-order chi connectivity index (χ0) is 14.0. The minimum absolute atomic E-state index is 0.0302. The van der Waals surface area contributed by atoms with E-state index in [4.69, 9.17) is 15.2 Å². The number of ether oxygens (including phenoxy) is 2. The fourth-order valence-corrected chi connectivity index (χ4v) is 3.21. The van der Waals surface area contributed by atoms with Crippen LogP contribution in [-0.2, 0) is 4.74 Å². The highest BCUT2D eigenvalue weighted by molar-refractivity contribution is 9.10. The van der Waals surface area contributed by atoms with E-state index in [1.807, 2.05) is 12.1 Å². The van der Waals surface area contributed by atoms with E-state index >= 15 is 0 Å². The van der Waals surface area contributed by atoms with Gasteiger partial charge in [-0.3, -0.25) is 0 Å². The summed E-state index contributed by atoms with van der Waals surface area (Å²) in [5.41, 5.74) is 7.13. The van der Waals surface area contributed by atoms with Crippen molar-refractivity contribution in [3.8, 4) is 5.75 Å². The molecule has 1 aromatic rings. The van der Waals surface area contributed by atoms with Crippen molar-refractivity contribution < 1.29 is 9.47 Å². The average molecular weight is 329 g/mol. The molecule has 2 rings (SSSR count). The predicted molar refractivity (Wildman–Crippen MR) is 79.4 cm³/mol. The minimum atomic E-state index is -0.0302. The Hall–Kier alpha value is -0.620. The molecule has 0 saturated carbocycles. The molecule has 1 aliphatic rings. The third-order valence-corrected chi connectivity index (χ3v) is 4.26. The Bertz CT molecular complexity index is 442. The van der Waals surface area contributed by atoms with E-state index in [2.05, 4.69) is 41.0 Å². The van der Waals surface area contributed by atoms with Gasteiger partial charge in [-0.1, -0.05) is 15.9 Å². The molecule has 5 heteroatoms. The van der Waals surface area contributed by atoms with Gasteiger partial charge in [0.2, 0.25) is 0 Å². The third kappa shape index (κ3) is 2.65. The Morgan fingerprint density at radius 2 is 2.16 bits per heavy atom. The maximum Gasteiger partial charge on any atom is 0.123 e. The van der Waals surface area contributed by atoms with E-state index in [-0.39, 0.29) is 11.5 Å². The molecule has 1 aliphatic heterocycles. The zero-order valence-corrected chi connectivity index (χ0v) is 13.2. The summed E-state index contributed by atoms with van der Waals surface area (Å²) in [5, 5.41) is 0. The average Bonchev–Trinajstić information content (AvgIpc) is 2.33. The largest absolute Gasteiger partial charge is 0.496 e. The highest BCUT2D eigenvalue weighted by Gasteiger charge is 2.47. The number of benzene rings is 1. The maximum atomic E-state index is 6.02. The second-order valence-electron chi connectivity index (χ2n) is 5.31. The molecule has 1 unspecified atom stereocenters. The normalized spacial score (nSPS) is 19.1. The summed E-state index contributed by atoms with van der Waals surface area (Å²) in [5.74, 6) is 0.890. The zero-order valence-electron chi connectivity index (χ0n) is 11.6. The SMILES string of the molecule is COc1ccc(Br)cc1C(N(C)C)C1(CN)COC1. The Morgan fingerprint density at radius 3 is 2.58 bits per heavy atom. The van der Waals surface area contributed by atoms with Crippen LogP contribution in [0, 0.1) is 5.41 Å². The first-order valence-corrected chi connectivity index (χ1v) is 7.11. The summed E-state index contributed by atoms with van der Waals surface area (Å²) in [7, 11) is 5.84. The second-order valence-corrected chi connectivity index (χ2v) is 6.23. The van der Waals surface area contributed by atoms with Crippen LogP contribution in [0.2, 0.25) is 0 Å². The molecule has 1 heterocycles. The van der Waals surface area contributed by atoms with E-state index < -0.39 is 0 Å². The van der Waals surface area contributed by atoms with Crippen LogP contribution >= 0.6 is 15.9 Å². The van der Waals surface area contributed by atoms with Gasteiger partial charge in [-0.25, -0.2) is 0 Å². The molecule has 0 radical (unpaired) electrons. The van der Waals surface area contributed by atoms with E-state index in [0.717, 1.165) is 15.8 Å². The lowest BCUT2D eigenvalue weighted by molar-refractivity contribution is -0.145. The highest BCUT2D eigenvalue weighted by atomic mass is 79.9. The standard InChI is InChI=1S/C14H21BrN2O2/c1-17(2)13(14(7-16)8-19-9-14)11-6-10(15)4-5-12(11)18-3/h4-6,13H,7-9,16H2,1-3H3. The molecule has 4 nitrogen and oxygen atoms in total. The van der Waals surface area contributed by atoms with Crippen LogP contribution in [0.25, 0.3) is 0 Å². The molecular formula is C14H21BrN2O2. The summed E-state index contributed by atoms with van der Waals surface area (Å²) in [4.78, 5) is 2.19. The number of nitrogens with two attached hydrogens (primary N) is 1. The van der Waals surface area contributed by atoms with Crippen LogP contribution in [0.3, 0.4) is 0 Å². The van der Waals surface area contributed by atoms with Crippen LogP contribution in [0.15, 0.2) is 22.7 Å². The lowest BCUT2D eigenvalue weighted by Gasteiger charge is -2.49. The lowest BCUT2D eigenvalue weighted by Crippen LogP contribution is -2.55. The number of halogens is 1. The van der Waals surface area contributed by atoms with Gasteiger partial charge in [-0.15, -0.1) is 0 Å². The first-order chi connectivity index (χ1) is 9.04. The smallest absolute Gasteiger partial charge is 0.123 e. The molecule has 2 N–H and O–H groups in total. The molecule has 1 atom stereocenters. The minimum Gasteiger partial charge on any atom is -0.496 e. The first kappa shape index (κ1) is 14.8. The number of nitrogens with zero attached hydrogens (tertiary/aromatic N) is 1. The predicted octanol–water partition coefficient (Wildman–Crippen LogP) is 2.04. The molecule has 0 aliphatic carbocycles. The first-order valence-electron chi connectivity index (χ1n) is 6.32.